The third-order valence-corrected chi connectivity index (χ3v) is 2.76. The summed E-state index contributed by atoms with van der Waals surface area (Å²) in [5.74, 6) is 0.388. The van der Waals surface area contributed by atoms with Gasteiger partial charge in [0.05, 0.1) is 19.8 Å². The molecule has 0 aromatic rings. The summed E-state index contributed by atoms with van der Waals surface area (Å²) in [5, 5.41) is 11.3. The summed E-state index contributed by atoms with van der Waals surface area (Å²) >= 11 is 0. The number of aliphatic hydroxyl groups is 1. The van der Waals surface area contributed by atoms with Crippen molar-refractivity contribution in [3.05, 3.63) is 0 Å². The Hall–Kier alpha value is -0.610. The summed E-state index contributed by atoms with van der Waals surface area (Å²) in [4.78, 5) is 11.6. The van der Waals surface area contributed by atoms with E-state index in [9.17, 15) is 4.79 Å². The van der Waals surface area contributed by atoms with Gasteiger partial charge in [0.15, 0.2) is 0 Å². The number of hydrogen-bond acceptors (Lipinski definition) is 3. The minimum absolute atomic E-state index is 0.0383. The molecule has 0 aromatic carbocycles. The standard InChI is InChI=1S/C11H21NO3/c13-7-9-15-8-6-12-11(14)10-4-2-1-3-5-10/h10,13H,1-9H2,(H,12,14). The van der Waals surface area contributed by atoms with Crippen LogP contribution in [0.2, 0.25) is 0 Å². The van der Waals surface area contributed by atoms with Gasteiger partial charge in [0.1, 0.15) is 0 Å². The van der Waals surface area contributed by atoms with Crippen LogP contribution in [-0.4, -0.2) is 37.4 Å². The van der Waals surface area contributed by atoms with Crippen molar-refractivity contribution >= 4 is 5.91 Å². The van der Waals surface area contributed by atoms with Crippen molar-refractivity contribution in [3.8, 4) is 0 Å². The minimum Gasteiger partial charge on any atom is -0.394 e. The first-order valence-corrected chi connectivity index (χ1v) is 5.81. The zero-order valence-corrected chi connectivity index (χ0v) is 9.21. The molecule has 0 radical (unpaired) electrons. The molecule has 1 aliphatic carbocycles. The molecule has 1 fully saturated rings. The molecule has 1 rings (SSSR count). The summed E-state index contributed by atoms with van der Waals surface area (Å²) in [7, 11) is 0. The third-order valence-electron chi connectivity index (χ3n) is 2.76. The van der Waals surface area contributed by atoms with Gasteiger partial charge in [-0.1, -0.05) is 19.3 Å². The number of amides is 1. The number of carbonyl (C=O) groups is 1. The van der Waals surface area contributed by atoms with E-state index in [4.69, 9.17) is 9.84 Å². The number of hydrogen-bond donors (Lipinski definition) is 2. The van der Waals surface area contributed by atoms with Crippen LogP contribution < -0.4 is 5.32 Å². The molecule has 0 spiro atoms. The molecule has 0 saturated heterocycles. The van der Waals surface area contributed by atoms with Gasteiger partial charge in [-0.25, -0.2) is 0 Å². The number of rotatable bonds is 6. The van der Waals surface area contributed by atoms with Crippen LogP contribution in [0.5, 0.6) is 0 Å². The largest absolute Gasteiger partial charge is 0.394 e. The number of carbonyl (C=O) groups excluding carboxylic acids is 1. The quantitative estimate of drug-likeness (QED) is 0.641. The fraction of sp³-hybridized carbons (Fsp3) is 0.909. The van der Waals surface area contributed by atoms with Gasteiger partial charge in [-0.2, -0.15) is 0 Å². The Morgan fingerprint density at radius 3 is 2.67 bits per heavy atom. The molecular weight excluding hydrogens is 194 g/mol. The first-order valence-electron chi connectivity index (χ1n) is 5.81. The van der Waals surface area contributed by atoms with Gasteiger partial charge in [0, 0.05) is 12.5 Å². The van der Waals surface area contributed by atoms with Crippen LogP contribution in [0, 0.1) is 5.92 Å². The van der Waals surface area contributed by atoms with Crippen molar-refractivity contribution in [1.82, 2.24) is 5.32 Å². The molecule has 1 saturated carbocycles. The maximum absolute atomic E-state index is 11.6. The van der Waals surface area contributed by atoms with E-state index in [1.807, 2.05) is 0 Å². The molecule has 15 heavy (non-hydrogen) atoms. The molecule has 0 unspecified atom stereocenters. The van der Waals surface area contributed by atoms with E-state index in [2.05, 4.69) is 5.32 Å². The molecule has 0 aromatic heterocycles. The van der Waals surface area contributed by atoms with E-state index in [0.29, 0.717) is 19.8 Å². The van der Waals surface area contributed by atoms with Gasteiger partial charge in [-0.05, 0) is 12.8 Å². The summed E-state index contributed by atoms with van der Waals surface area (Å²) in [6.07, 6.45) is 5.69. The number of aliphatic hydroxyl groups excluding tert-OH is 1. The van der Waals surface area contributed by atoms with E-state index in [0.717, 1.165) is 12.8 Å². The second kappa shape index (κ2) is 7.65. The van der Waals surface area contributed by atoms with E-state index in [1.165, 1.54) is 19.3 Å². The van der Waals surface area contributed by atoms with Crippen LogP contribution >= 0.6 is 0 Å². The molecule has 0 atom stereocenters. The zero-order chi connectivity index (χ0) is 10.9. The average molecular weight is 215 g/mol. The average Bonchev–Trinajstić information content (AvgIpc) is 2.30. The summed E-state index contributed by atoms with van der Waals surface area (Å²) in [5.41, 5.74) is 0. The van der Waals surface area contributed by atoms with Crippen molar-refractivity contribution in [2.75, 3.05) is 26.4 Å². The smallest absolute Gasteiger partial charge is 0.223 e. The maximum atomic E-state index is 11.6. The van der Waals surface area contributed by atoms with Gasteiger partial charge < -0.3 is 15.2 Å². The Balaban J connectivity index is 2.02. The van der Waals surface area contributed by atoms with Gasteiger partial charge in [0.2, 0.25) is 5.91 Å². The predicted octanol–water partition coefficient (Wildman–Crippen LogP) is 0.692. The molecular formula is C11H21NO3. The monoisotopic (exact) mass is 215 g/mol. The topological polar surface area (TPSA) is 58.6 Å². The van der Waals surface area contributed by atoms with E-state index < -0.39 is 0 Å². The maximum Gasteiger partial charge on any atom is 0.223 e. The fourth-order valence-corrected chi connectivity index (χ4v) is 1.92. The van der Waals surface area contributed by atoms with Gasteiger partial charge >= 0.3 is 0 Å². The summed E-state index contributed by atoms with van der Waals surface area (Å²) in [6, 6.07) is 0. The molecule has 1 aliphatic rings. The van der Waals surface area contributed by atoms with Crippen LogP contribution in [0.1, 0.15) is 32.1 Å². The summed E-state index contributed by atoms with van der Waals surface area (Å²) < 4.78 is 5.06. The number of nitrogens with one attached hydrogen (secondary N) is 1. The lowest BCUT2D eigenvalue weighted by atomic mass is 9.89. The Labute approximate surface area is 91.0 Å². The normalized spacial score (nSPS) is 17.7. The molecule has 0 aliphatic heterocycles. The lowest BCUT2D eigenvalue weighted by Crippen LogP contribution is -2.34. The highest BCUT2D eigenvalue weighted by Crippen LogP contribution is 2.23. The molecule has 4 nitrogen and oxygen atoms in total. The van der Waals surface area contributed by atoms with Gasteiger partial charge in [-0.15, -0.1) is 0 Å². The highest BCUT2D eigenvalue weighted by Gasteiger charge is 2.20. The molecule has 0 heterocycles. The van der Waals surface area contributed by atoms with Crippen molar-refractivity contribution in [2.45, 2.75) is 32.1 Å². The van der Waals surface area contributed by atoms with Crippen LogP contribution in [0.15, 0.2) is 0 Å². The summed E-state index contributed by atoms with van der Waals surface area (Å²) in [6.45, 7) is 1.42. The molecule has 0 bridgehead atoms. The second-order valence-electron chi connectivity index (χ2n) is 3.96. The minimum atomic E-state index is 0.0383. The lowest BCUT2D eigenvalue weighted by molar-refractivity contribution is -0.126. The number of ether oxygens (including phenoxy) is 1. The SMILES string of the molecule is O=C(NCCOCCO)C1CCCCC1. The predicted molar refractivity (Wildman–Crippen MR) is 57.5 cm³/mol. The van der Waals surface area contributed by atoms with Crippen molar-refractivity contribution in [1.29, 1.82) is 0 Å². The highest BCUT2D eigenvalue weighted by molar-refractivity contribution is 5.78. The van der Waals surface area contributed by atoms with E-state index in [1.54, 1.807) is 0 Å². The Bertz CT molecular complexity index is 179. The van der Waals surface area contributed by atoms with Gasteiger partial charge in [-0.3, -0.25) is 4.79 Å². The zero-order valence-electron chi connectivity index (χ0n) is 9.21. The molecule has 4 heteroatoms. The molecule has 2 N–H and O–H groups in total. The molecule has 88 valence electrons. The Morgan fingerprint density at radius 2 is 2.00 bits per heavy atom. The van der Waals surface area contributed by atoms with Crippen molar-refractivity contribution in [3.63, 3.8) is 0 Å². The third kappa shape index (κ3) is 5.14. The van der Waals surface area contributed by atoms with Crippen LogP contribution in [0.25, 0.3) is 0 Å². The van der Waals surface area contributed by atoms with Crippen molar-refractivity contribution < 1.29 is 14.6 Å². The highest BCUT2D eigenvalue weighted by atomic mass is 16.5. The Kier molecular flexibility index (Phi) is 6.36. The van der Waals surface area contributed by atoms with Gasteiger partial charge in [0.25, 0.3) is 0 Å². The van der Waals surface area contributed by atoms with Crippen LogP contribution in [0.4, 0.5) is 0 Å². The van der Waals surface area contributed by atoms with E-state index in [-0.39, 0.29) is 18.4 Å². The first-order chi connectivity index (χ1) is 7.34. The Morgan fingerprint density at radius 1 is 1.27 bits per heavy atom. The molecule has 1 amide bonds. The van der Waals surface area contributed by atoms with Crippen molar-refractivity contribution in [2.24, 2.45) is 5.92 Å². The van der Waals surface area contributed by atoms with Crippen LogP contribution in [0.3, 0.4) is 0 Å². The van der Waals surface area contributed by atoms with Crippen LogP contribution in [-0.2, 0) is 9.53 Å². The first kappa shape index (κ1) is 12.5. The van der Waals surface area contributed by atoms with E-state index >= 15 is 0 Å². The second-order valence-corrected chi connectivity index (χ2v) is 3.96. The fourth-order valence-electron chi connectivity index (χ4n) is 1.92. The lowest BCUT2D eigenvalue weighted by Gasteiger charge is -2.20.